The molecule has 0 bridgehead atoms. The highest BCUT2D eigenvalue weighted by Gasteiger charge is 2.34. The molecular formula is C18H22ClN5OS. The molecule has 1 N–H and O–H groups in total. The third-order valence-electron chi connectivity index (χ3n) is 5.12. The van der Waals surface area contributed by atoms with Crippen molar-refractivity contribution in [3.63, 3.8) is 0 Å². The minimum absolute atomic E-state index is 0.112. The fourth-order valence-electron chi connectivity index (χ4n) is 3.30. The van der Waals surface area contributed by atoms with Crippen LogP contribution in [0.5, 0.6) is 0 Å². The van der Waals surface area contributed by atoms with E-state index in [1.807, 2.05) is 35.0 Å². The van der Waals surface area contributed by atoms with Crippen LogP contribution in [0.15, 0.2) is 30.5 Å². The molecule has 8 heteroatoms. The predicted octanol–water partition coefficient (Wildman–Crippen LogP) is 3.63. The Kier molecular flexibility index (Phi) is 4.88. The standard InChI is InChI=1S/C18H22ClN5OS/c1-23(2)18(7-9-25-10-8-18)12-20-16-22-24-11-15(21-17(24)26-16)13-3-5-14(19)6-4-13/h3-6,11H,7-10,12H2,1-2H3,(H,20,22). The van der Waals surface area contributed by atoms with E-state index < -0.39 is 0 Å². The van der Waals surface area contributed by atoms with E-state index in [1.54, 1.807) is 11.3 Å². The first-order valence-corrected chi connectivity index (χ1v) is 9.86. The van der Waals surface area contributed by atoms with E-state index in [-0.39, 0.29) is 5.54 Å². The van der Waals surface area contributed by atoms with Crippen molar-refractivity contribution in [1.82, 2.24) is 19.5 Å². The molecule has 0 amide bonds. The van der Waals surface area contributed by atoms with Gasteiger partial charge in [-0.25, -0.2) is 9.50 Å². The highest BCUT2D eigenvalue weighted by atomic mass is 35.5. The number of anilines is 1. The van der Waals surface area contributed by atoms with Crippen molar-refractivity contribution >= 4 is 33.0 Å². The van der Waals surface area contributed by atoms with Crippen molar-refractivity contribution in [2.75, 3.05) is 39.2 Å². The molecule has 138 valence electrons. The van der Waals surface area contributed by atoms with Gasteiger partial charge in [-0.15, -0.1) is 5.10 Å². The Morgan fingerprint density at radius 1 is 1.27 bits per heavy atom. The molecule has 0 spiro atoms. The summed E-state index contributed by atoms with van der Waals surface area (Å²) in [5.41, 5.74) is 2.05. The molecule has 3 heterocycles. The molecule has 0 radical (unpaired) electrons. The highest BCUT2D eigenvalue weighted by Crippen LogP contribution is 2.29. The second-order valence-corrected chi connectivity index (χ2v) is 8.24. The molecule has 1 saturated heterocycles. The molecule has 2 aromatic heterocycles. The molecule has 1 aliphatic heterocycles. The van der Waals surface area contributed by atoms with Crippen LogP contribution in [0, 0.1) is 0 Å². The van der Waals surface area contributed by atoms with Gasteiger partial charge in [0.2, 0.25) is 10.1 Å². The summed E-state index contributed by atoms with van der Waals surface area (Å²) in [5, 5.41) is 9.76. The van der Waals surface area contributed by atoms with Gasteiger partial charge in [-0.3, -0.25) is 0 Å². The smallest absolute Gasteiger partial charge is 0.214 e. The first-order valence-electron chi connectivity index (χ1n) is 8.67. The van der Waals surface area contributed by atoms with Gasteiger partial charge in [-0.2, -0.15) is 0 Å². The van der Waals surface area contributed by atoms with Crippen molar-refractivity contribution in [1.29, 1.82) is 0 Å². The van der Waals surface area contributed by atoms with Crippen LogP contribution in [0.3, 0.4) is 0 Å². The van der Waals surface area contributed by atoms with Gasteiger partial charge in [0.1, 0.15) is 0 Å². The Morgan fingerprint density at radius 3 is 2.65 bits per heavy atom. The number of nitrogens with zero attached hydrogens (tertiary/aromatic N) is 4. The first-order chi connectivity index (χ1) is 12.6. The van der Waals surface area contributed by atoms with Gasteiger partial charge >= 0.3 is 0 Å². The topological polar surface area (TPSA) is 54.7 Å². The minimum Gasteiger partial charge on any atom is -0.381 e. The number of aromatic nitrogens is 3. The molecule has 3 aromatic rings. The van der Waals surface area contributed by atoms with Crippen LogP contribution >= 0.6 is 22.9 Å². The zero-order valence-electron chi connectivity index (χ0n) is 14.9. The highest BCUT2D eigenvalue weighted by molar-refractivity contribution is 7.20. The van der Waals surface area contributed by atoms with Crippen LogP contribution in [0.2, 0.25) is 5.02 Å². The summed E-state index contributed by atoms with van der Waals surface area (Å²) in [5.74, 6) is 0. The molecule has 4 rings (SSSR count). The van der Waals surface area contributed by atoms with Crippen LogP contribution in [-0.2, 0) is 4.74 Å². The van der Waals surface area contributed by atoms with Crippen LogP contribution in [0.25, 0.3) is 16.2 Å². The normalized spacial score (nSPS) is 17.1. The monoisotopic (exact) mass is 391 g/mol. The lowest BCUT2D eigenvalue weighted by molar-refractivity contribution is -0.000636. The summed E-state index contributed by atoms with van der Waals surface area (Å²) in [6.45, 7) is 2.47. The van der Waals surface area contributed by atoms with Gasteiger partial charge in [-0.05, 0) is 39.1 Å². The Hall–Kier alpha value is -1.67. The Morgan fingerprint density at radius 2 is 2.00 bits per heavy atom. The average molecular weight is 392 g/mol. The largest absolute Gasteiger partial charge is 0.381 e. The van der Waals surface area contributed by atoms with Crippen LogP contribution in [-0.4, -0.2) is 58.9 Å². The summed E-state index contributed by atoms with van der Waals surface area (Å²) in [6.07, 6.45) is 4.00. The Balaban J connectivity index is 1.49. The van der Waals surface area contributed by atoms with Crippen molar-refractivity contribution < 1.29 is 4.74 Å². The van der Waals surface area contributed by atoms with Crippen molar-refractivity contribution in [3.8, 4) is 11.3 Å². The van der Waals surface area contributed by atoms with Gasteiger partial charge < -0.3 is 15.0 Å². The quantitative estimate of drug-likeness (QED) is 0.719. The maximum absolute atomic E-state index is 5.95. The number of nitrogens with one attached hydrogen (secondary N) is 1. The van der Waals surface area contributed by atoms with E-state index in [4.69, 9.17) is 16.3 Å². The van der Waals surface area contributed by atoms with E-state index in [1.165, 1.54) is 0 Å². The lowest BCUT2D eigenvalue weighted by Crippen LogP contribution is -2.53. The van der Waals surface area contributed by atoms with E-state index >= 15 is 0 Å². The summed E-state index contributed by atoms with van der Waals surface area (Å²) in [6, 6.07) is 7.69. The van der Waals surface area contributed by atoms with E-state index in [0.29, 0.717) is 0 Å². The number of fused-ring (bicyclic) bond motifs is 1. The third kappa shape index (κ3) is 3.44. The zero-order chi connectivity index (χ0) is 18.1. The van der Waals surface area contributed by atoms with Gasteiger partial charge in [0.05, 0.1) is 11.9 Å². The minimum atomic E-state index is 0.112. The average Bonchev–Trinajstić information content (AvgIpc) is 3.20. The molecule has 0 saturated carbocycles. The van der Waals surface area contributed by atoms with Crippen molar-refractivity contribution in [3.05, 3.63) is 35.5 Å². The van der Waals surface area contributed by atoms with Gasteiger partial charge in [0.25, 0.3) is 0 Å². The summed E-state index contributed by atoms with van der Waals surface area (Å²) in [4.78, 5) is 7.87. The molecule has 0 aliphatic carbocycles. The number of hydrogen-bond acceptors (Lipinski definition) is 6. The van der Waals surface area contributed by atoms with Crippen molar-refractivity contribution in [2.45, 2.75) is 18.4 Å². The molecule has 26 heavy (non-hydrogen) atoms. The SMILES string of the molecule is CN(C)C1(CNc2nn3cc(-c4ccc(Cl)cc4)nc3s2)CCOCC1. The first kappa shape index (κ1) is 17.7. The predicted molar refractivity (Wildman–Crippen MR) is 106 cm³/mol. The van der Waals surface area contributed by atoms with Gasteiger partial charge in [0.15, 0.2) is 0 Å². The lowest BCUT2D eigenvalue weighted by Gasteiger charge is -2.42. The fourth-order valence-corrected chi connectivity index (χ4v) is 4.21. The third-order valence-corrected chi connectivity index (χ3v) is 6.26. The maximum Gasteiger partial charge on any atom is 0.214 e. The molecule has 1 aliphatic rings. The maximum atomic E-state index is 5.95. The number of ether oxygens (including phenoxy) is 1. The Bertz CT molecular complexity index is 851. The fraction of sp³-hybridized carbons (Fsp3) is 0.444. The molecule has 1 aromatic carbocycles. The molecule has 0 unspecified atom stereocenters. The zero-order valence-corrected chi connectivity index (χ0v) is 16.5. The number of hydrogen-bond donors (Lipinski definition) is 1. The number of imidazole rings is 1. The number of benzene rings is 1. The Labute approximate surface area is 161 Å². The van der Waals surface area contributed by atoms with Crippen LogP contribution < -0.4 is 5.32 Å². The number of halogens is 1. The molecule has 0 atom stereocenters. The van der Waals surface area contributed by atoms with E-state index in [9.17, 15) is 0 Å². The second-order valence-electron chi connectivity index (χ2n) is 6.85. The second kappa shape index (κ2) is 7.15. The summed E-state index contributed by atoms with van der Waals surface area (Å²) in [7, 11) is 4.28. The summed E-state index contributed by atoms with van der Waals surface area (Å²) < 4.78 is 7.37. The van der Waals surface area contributed by atoms with Gasteiger partial charge in [-0.1, -0.05) is 35.1 Å². The van der Waals surface area contributed by atoms with Gasteiger partial charge in [0, 0.05) is 35.9 Å². The van der Waals surface area contributed by atoms with Crippen LogP contribution in [0.1, 0.15) is 12.8 Å². The van der Waals surface area contributed by atoms with E-state index in [0.717, 1.165) is 59.0 Å². The van der Waals surface area contributed by atoms with Crippen LogP contribution in [0.4, 0.5) is 5.13 Å². The molecule has 1 fully saturated rings. The summed E-state index contributed by atoms with van der Waals surface area (Å²) >= 11 is 7.52. The van der Waals surface area contributed by atoms with E-state index in [2.05, 4.69) is 34.4 Å². The number of likely N-dealkylation sites (N-methyl/N-ethyl adjacent to an activating group) is 1. The molecule has 6 nitrogen and oxygen atoms in total. The molecular weight excluding hydrogens is 370 g/mol. The van der Waals surface area contributed by atoms with Crippen molar-refractivity contribution in [2.24, 2.45) is 0 Å². The number of rotatable bonds is 5. The lowest BCUT2D eigenvalue weighted by atomic mass is 9.89.